The van der Waals surface area contributed by atoms with Gasteiger partial charge in [-0.1, -0.05) is 18.2 Å². The van der Waals surface area contributed by atoms with Crippen LogP contribution in [0.4, 0.5) is 28.9 Å². The highest BCUT2D eigenvalue weighted by Gasteiger charge is 2.22. The number of pyridine rings is 1. The van der Waals surface area contributed by atoms with Gasteiger partial charge < -0.3 is 9.67 Å². The van der Waals surface area contributed by atoms with Crippen LogP contribution in [-0.2, 0) is 0 Å². The van der Waals surface area contributed by atoms with E-state index in [1.807, 2.05) is 13.8 Å². The van der Waals surface area contributed by atoms with Crippen LogP contribution in [0.1, 0.15) is 19.9 Å². The van der Waals surface area contributed by atoms with Crippen molar-refractivity contribution in [3.05, 3.63) is 47.8 Å². The summed E-state index contributed by atoms with van der Waals surface area (Å²) in [7, 11) is 0. The van der Waals surface area contributed by atoms with Gasteiger partial charge in [0.1, 0.15) is 0 Å². The van der Waals surface area contributed by atoms with Crippen LogP contribution in [0.5, 0.6) is 5.88 Å². The quantitative estimate of drug-likeness (QED) is 0.395. The van der Waals surface area contributed by atoms with Crippen molar-refractivity contribution >= 4 is 22.3 Å². The van der Waals surface area contributed by atoms with Crippen molar-refractivity contribution < 1.29 is 22.7 Å². The Morgan fingerprint density at radius 2 is 1.52 bits per heavy atom. The zero-order valence-corrected chi connectivity index (χ0v) is 13.1. The van der Waals surface area contributed by atoms with Gasteiger partial charge in [-0.3, -0.25) is 0 Å². The SMILES string of the molecule is CC(C)n1c(O)c(N=Nc2c(F)c(F)nc(F)c2F)c2ccccc21. The smallest absolute Gasteiger partial charge is 0.254 e. The maximum absolute atomic E-state index is 13.6. The van der Waals surface area contributed by atoms with Crippen LogP contribution in [0.15, 0.2) is 34.5 Å². The average Bonchev–Trinajstić information content (AvgIpc) is 2.85. The van der Waals surface area contributed by atoms with Crippen molar-refractivity contribution in [1.29, 1.82) is 0 Å². The number of para-hydroxylation sites is 1. The third kappa shape index (κ3) is 2.71. The Labute approximate surface area is 139 Å². The van der Waals surface area contributed by atoms with Crippen molar-refractivity contribution in [2.45, 2.75) is 19.9 Å². The second-order valence-electron chi connectivity index (χ2n) is 5.52. The van der Waals surface area contributed by atoms with Crippen LogP contribution < -0.4 is 0 Å². The van der Waals surface area contributed by atoms with E-state index >= 15 is 0 Å². The van der Waals surface area contributed by atoms with Gasteiger partial charge in [0.25, 0.3) is 11.9 Å². The maximum Gasteiger partial charge on any atom is 0.254 e. The molecule has 0 aliphatic rings. The minimum Gasteiger partial charge on any atom is -0.493 e. The number of aromatic hydroxyl groups is 1. The summed E-state index contributed by atoms with van der Waals surface area (Å²) >= 11 is 0. The van der Waals surface area contributed by atoms with Gasteiger partial charge in [-0.15, -0.1) is 10.2 Å². The van der Waals surface area contributed by atoms with E-state index in [2.05, 4.69) is 15.2 Å². The zero-order valence-electron chi connectivity index (χ0n) is 13.1. The number of nitrogens with zero attached hydrogens (tertiary/aromatic N) is 4. The Hall–Kier alpha value is -2.97. The van der Waals surface area contributed by atoms with E-state index in [0.717, 1.165) is 0 Å². The third-order valence-electron chi connectivity index (χ3n) is 3.60. The van der Waals surface area contributed by atoms with Gasteiger partial charge in [0.15, 0.2) is 11.4 Å². The summed E-state index contributed by atoms with van der Waals surface area (Å²) in [5.74, 6) is -7.48. The highest BCUT2D eigenvalue weighted by Crippen LogP contribution is 2.41. The average molecular weight is 352 g/mol. The lowest BCUT2D eigenvalue weighted by Gasteiger charge is -2.10. The Morgan fingerprint density at radius 3 is 2.12 bits per heavy atom. The molecular formula is C16H12F4N4O. The second-order valence-corrected chi connectivity index (χ2v) is 5.52. The van der Waals surface area contributed by atoms with Crippen LogP contribution >= 0.6 is 0 Å². The van der Waals surface area contributed by atoms with Gasteiger partial charge in [0, 0.05) is 11.4 Å². The van der Waals surface area contributed by atoms with E-state index in [4.69, 9.17) is 0 Å². The molecule has 25 heavy (non-hydrogen) atoms. The molecule has 0 aliphatic heterocycles. The minimum atomic E-state index is -1.83. The largest absolute Gasteiger partial charge is 0.493 e. The molecule has 9 heteroatoms. The predicted molar refractivity (Wildman–Crippen MR) is 82.2 cm³/mol. The molecule has 0 atom stereocenters. The topological polar surface area (TPSA) is 62.8 Å². The van der Waals surface area contributed by atoms with E-state index in [1.165, 1.54) is 0 Å². The molecule has 0 bridgehead atoms. The van der Waals surface area contributed by atoms with Crippen LogP contribution in [-0.4, -0.2) is 14.7 Å². The molecule has 1 N–H and O–H groups in total. The number of fused-ring (bicyclic) bond motifs is 1. The summed E-state index contributed by atoms with van der Waals surface area (Å²) in [6.07, 6.45) is 0. The fourth-order valence-electron chi connectivity index (χ4n) is 2.52. The summed E-state index contributed by atoms with van der Waals surface area (Å²) in [5, 5.41) is 17.7. The molecule has 3 rings (SSSR count). The van der Waals surface area contributed by atoms with E-state index in [1.54, 1.807) is 28.8 Å². The highest BCUT2D eigenvalue weighted by atomic mass is 19.2. The van der Waals surface area contributed by atoms with Crippen LogP contribution in [0.2, 0.25) is 0 Å². The molecule has 0 radical (unpaired) electrons. The molecule has 0 amide bonds. The van der Waals surface area contributed by atoms with Crippen LogP contribution in [0, 0.1) is 23.5 Å². The summed E-state index contributed by atoms with van der Waals surface area (Å²) in [6.45, 7) is 3.64. The molecule has 0 spiro atoms. The summed E-state index contributed by atoms with van der Waals surface area (Å²) in [5.41, 5.74) is -0.705. The van der Waals surface area contributed by atoms with E-state index in [-0.39, 0.29) is 17.6 Å². The molecule has 5 nitrogen and oxygen atoms in total. The van der Waals surface area contributed by atoms with Gasteiger partial charge in [0.05, 0.1) is 5.52 Å². The van der Waals surface area contributed by atoms with Crippen molar-refractivity contribution in [1.82, 2.24) is 9.55 Å². The van der Waals surface area contributed by atoms with Crippen molar-refractivity contribution in [2.24, 2.45) is 10.2 Å². The van der Waals surface area contributed by atoms with Gasteiger partial charge in [-0.25, -0.2) is 0 Å². The first-order valence-corrected chi connectivity index (χ1v) is 7.26. The molecule has 0 saturated carbocycles. The Kier molecular flexibility index (Phi) is 4.15. The molecular weight excluding hydrogens is 340 g/mol. The third-order valence-corrected chi connectivity index (χ3v) is 3.60. The highest BCUT2D eigenvalue weighted by molar-refractivity contribution is 5.95. The van der Waals surface area contributed by atoms with Crippen molar-refractivity contribution in [3.63, 3.8) is 0 Å². The van der Waals surface area contributed by atoms with E-state index < -0.39 is 29.2 Å². The number of halogens is 4. The number of aromatic nitrogens is 2. The molecule has 2 heterocycles. The monoisotopic (exact) mass is 352 g/mol. The normalized spacial score (nSPS) is 12.0. The van der Waals surface area contributed by atoms with E-state index in [9.17, 15) is 22.7 Å². The number of hydrogen-bond acceptors (Lipinski definition) is 4. The first-order valence-electron chi connectivity index (χ1n) is 7.26. The molecule has 0 unspecified atom stereocenters. The van der Waals surface area contributed by atoms with Gasteiger partial charge >= 0.3 is 0 Å². The fourth-order valence-corrected chi connectivity index (χ4v) is 2.52. The van der Waals surface area contributed by atoms with E-state index in [0.29, 0.717) is 10.9 Å². The fraction of sp³-hybridized carbons (Fsp3) is 0.188. The molecule has 0 saturated heterocycles. The Morgan fingerprint density at radius 1 is 0.960 bits per heavy atom. The first kappa shape index (κ1) is 16.9. The van der Waals surface area contributed by atoms with Gasteiger partial charge in [-0.2, -0.15) is 22.5 Å². The number of azo groups is 1. The minimum absolute atomic E-state index is 0.0688. The molecule has 1 aromatic carbocycles. The molecule has 0 aliphatic carbocycles. The van der Waals surface area contributed by atoms with Crippen LogP contribution in [0.25, 0.3) is 10.9 Å². The van der Waals surface area contributed by atoms with Gasteiger partial charge in [0.2, 0.25) is 17.5 Å². The lowest BCUT2D eigenvalue weighted by Crippen LogP contribution is -1.99. The number of hydrogen-bond donors (Lipinski definition) is 1. The lowest BCUT2D eigenvalue weighted by molar-refractivity contribution is 0.406. The Bertz CT molecular complexity index is 971. The summed E-state index contributed by atoms with van der Waals surface area (Å²) < 4.78 is 55.1. The van der Waals surface area contributed by atoms with Crippen LogP contribution in [0.3, 0.4) is 0 Å². The predicted octanol–water partition coefficient (Wildman–Crippen LogP) is 5.29. The van der Waals surface area contributed by atoms with Crippen molar-refractivity contribution in [2.75, 3.05) is 0 Å². The number of rotatable bonds is 3. The first-order chi connectivity index (χ1) is 11.8. The molecule has 0 fully saturated rings. The molecule has 3 aromatic rings. The summed E-state index contributed by atoms with van der Waals surface area (Å²) in [6, 6.07) is 6.63. The molecule has 2 aromatic heterocycles. The lowest BCUT2D eigenvalue weighted by atomic mass is 10.2. The zero-order chi connectivity index (χ0) is 18.3. The van der Waals surface area contributed by atoms with Gasteiger partial charge in [-0.05, 0) is 19.9 Å². The molecule has 130 valence electrons. The van der Waals surface area contributed by atoms with Crippen molar-refractivity contribution in [3.8, 4) is 5.88 Å². The maximum atomic E-state index is 13.6. The number of benzene rings is 1. The Balaban J connectivity index is 2.20. The second kappa shape index (κ2) is 6.15. The summed E-state index contributed by atoms with van der Waals surface area (Å²) in [4.78, 5) is 2.44. The standard InChI is InChI=1S/C16H12F4N4O/c1-7(2)24-9-6-4-3-5-8(9)12(16(24)25)22-23-13-10(17)14(19)21-15(20)11(13)18/h3-7,25H,1-2H3.